The maximum atomic E-state index is 10.3. The van der Waals surface area contributed by atoms with E-state index in [1.54, 1.807) is 27.7 Å². The zero-order valence-corrected chi connectivity index (χ0v) is 12.7. The molecular weight excluding hydrogens is 268 g/mol. The van der Waals surface area contributed by atoms with Gasteiger partial charge in [-0.15, -0.1) is 18.1 Å². The van der Waals surface area contributed by atoms with Crippen molar-refractivity contribution in [1.29, 1.82) is 0 Å². The Bertz CT molecular complexity index is 157. The van der Waals surface area contributed by atoms with Gasteiger partial charge in [0, 0.05) is 9.13 Å². The van der Waals surface area contributed by atoms with Gasteiger partial charge >= 0.3 is 16.5 Å². The van der Waals surface area contributed by atoms with Gasteiger partial charge in [-0.3, -0.25) is 0 Å². The minimum Gasteiger partial charge on any atom is -0.344 e. The van der Waals surface area contributed by atoms with Gasteiger partial charge in [-0.2, -0.15) is 0 Å². The van der Waals surface area contributed by atoms with E-state index >= 15 is 0 Å². The second-order valence-electron chi connectivity index (χ2n) is 2.12. The van der Waals surface area contributed by atoms with Crippen molar-refractivity contribution in [2.45, 2.75) is 27.7 Å². The second-order valence-corrected chi connectivity index (χ2v) is 4.05. The van der Waals surface area contributed by atoms with Gasteiger partial charge in [0.25, 0.3) is 0 Å². The van der Waals surface area contributed by atoms with Crippen LogP contribution in [0.3, 0.4) is 0 Å². The van der Waals surface area contributed by atoms with E-state index in [9.17, 15) is 9.13 Å². The zero-order chi connectivity index (χ0) is 12.8. The van der Waals surface area contributed by atoms with Gasteiger partial charge in [-0.1, -0.05) is 0 Å². The van der Waals surface area contributed by atoms with E-state index in [1.165, 1.54) is 0 Å². The first-order chi connectivity index (χ1) is 7.62. The fraction of sp³-hybridized carbons (Fsp3) is 1.00. The van der Waals surface area contributed by atoms with Gasteiger partial charge in [0.2, 0.25) is 0 Å². The molecule has 0 aromatic carbocycles. The van der Waals surface area contributed by atoms with Crippen molar-refractivity contribution in [3.05, 3.63) is 0 Å². The van der Waals surface area contributed by atoms with Crippen LogP contribution < -0.4 is 6.15 Å². The Morgan fingerprint density at radius 3 is 0.941 bits per heavy atom. The highest BCUT2D eigenvalue weighted by molar-refractivity contribution is 7.33. The van der Waals surface area contributed by atoms with E-state index in [1.807, 2.05) is 0 Å². The second kappa shape index (κ2) is 18.4. The van der Waals surface area contributed by atoms with E-state index in [4.69, 9.17) is 0 Å². The van der Waals surface area contributed by atoms with E-state index < -0.39 is 16.5 Å². The highest BCUT2D eigenvalue weighted by Gasteiger charge is 2.16. The molecule has 0 aromatic rings. The van der Waals surface area contributed by atoms with Crippen molar-refractivity contribution in [2.75, 3.05) is 26.4 Å². The van der Waals surface area contributed by atoms with Gasteiger partial charge in [-0.05, 0) is 27.7 Å². The fourth-order valence-corrected chi connectivity index (χ4v) is 1.49. The molecule has 0 atom stereocenters. The standard InChI is InChI=1S/2C4H10O3P.H3N/c2*1-3-6-8(5)7-4-2;/h2*3-4H2,1-2H3;1H3/q2*+1;. The lowest BCUT2D eigenvalue weighted by Crippen LogP contribution is -1.81. The summed E-state index contributed by atoms with van der Waals surface area (Å²) < 4.78 is 39.0. The summed E-state index contributed by atoms with van der Waals surface area (Å²) in [6, 6.07) is 0. The SMILES string of the molecule is CCO[P+](=O)OCC.CCO[P+](=O)OCC.N. The Kier molecular flexibility index (Phi) is 24.0. The Labute approximate surface area is 105 Å². The topological polar surface area (TPSA) is 106 Å². The van der Waals surface area contributed by atoms with E-state index in [2.05, 4.69) is 18.1 Å². The van der Waals surface area contributed by atoms with Gasteiger partial charge in [0.05, 0.1) is 0 Å². The predicted molar refractivity (Wildman–Crippen MR) is 66.7 cm³/mol. The van der Waals surface area contributed by atoms with Crippen LogP contribution in [-0.4, -0.2) is 26.4 Å². The first-order valence-electron chi connectivity index (χ1n) is 5.08. The molecule has 0 saturated carbocycles. The molecule has 0 unspecified atom stereocenters. The summed E-state index contributed by atoms with van der Waals surface area (Å²) in [7, 11) is -3.66. The lowest BCUT2D eigenvalue weighted by molar-refractivity contribution is 0.242. The van der Waals surface area contributed by atoms with Crippen molar-refractivity contribution in [2.24, 2.45) is 0 Å². The fourth-order valence-electron chi connectivity index (χ4n) is 0.496. The van der Waals surface area contributed by atoms with Crippen LogP contribution in [0.25, 0.3) is 0 Å². The normalized spacial score (nSPS) is 8.71. The molecule has 0 aliphatic rings. The van der Waals surface area contributed by atoms with Gasteiger partial charge in [-0.25, -0.2) is 0 Å². The Morgan fingerprint density at radius 1 is 0.647 bits per heavy atom. The summed E-state index contributed by atoms with van der Waals surface area (Å²) in [4.78, 5) is 0. The van der Waals surface area contributed by atoms with E-state index in [0.717, 1.165) is 0 Å². The average Bonchev–Trinajstić information content (AvgIpc) is 2.20. The molecule has 0 radical (unpaired) electrons. The lowest BCUT2D eigenvalue weighted by atomic mass is 10.9. The maximum Gasteiger partial charge on any atom is 0.697 e. The molecule has 17 heavy (non-hydrogen) atoms. The van der Waals surface area contributed by atoms with Crippen molar-refractivity contribution in [1.82, 2.24) is 6.15 Å². The van der Waals surface area contributed by atoms with Crippen LogP contribution in [0.15, 0.2) is 0 Å². The van der Waals surface area contributed by atoms with Gasteiger partial charge in [0.1, 0.15) is 26.4 Å². The van der Waals surface area contributed by atoms with Crippen LogP contribution in [0.2, 0.25) is 0 Å². The molecule has 0 rings (SSSR count). The molecule has 104 valence electrons. The summed E-state index contributed by atoms with van der Waals surface area (Å²) >= 11 is 0. The van der Waals surface area contributed by atoms with Gasteiger partial charge < -0.3 is 6.15 Å². The molecule has 0 aliphatic heterocycles. The Balaban J connectivity index is -0.000000218. The van der Waals surface area contributed by atoms with E-state index in [-0.39, 0.29) is 6.15 Å². The molecule has 0 saturated heterocycles. The van der Waals surface area contributed by atoms with Crippen LogP contribution >= 0.6 is 16.5 Å². The highest BCUT2D eigenvalue weighted by Crippen LogP contribution is 2.22. The van der Waals surface area contributed by atoms with Crippen molar-refractivity contribution < 1.29 is 27.2 Å². The minimum absolute atomic E-state index is 0. The Morgan fingerprint density at radius 2 is 0.824 bits per heavy atom. The third kappa shape index (κ3) is 21.8. The van der Waals surface area contributed by atoms with Crippen LogP contribution in [-0.2, 0) is 27.2 Å². The number of hydrogen-bond acceptors (Lipinski definition) is 7. The molecular formula is C8H23NO6P2+2. The van der Waals surface area contributed by atoms with Crippen LogP contribution in [0.1, 0.15) is 27.7 Å². The van der Waals surface area contributed by atoms with Gasteiger partial charge in [0.15, 0.2) is 0 Å². The van der Waals surface area contributed by atoms with Crippen LogP contribution in [0, 0.1) is 0 Å². The monoisotopic (exact) mass is 291 g/mol. The van der Waals surface area contributed by atoms with Crippen molar-refractivity contribution in [3.8, 4) is 0 Å². The van der Waals surface area contributed by atoms with E-state index in [0.29, 0.717) is 26.4 Å². The third-order valence-electron chi connectivity index (χ3n) is 0.938. The molecule has 0 aliphatic carbocycles. The molecule has 3 N–H and O–H groups in total. The summed E-state index contributed by atoms with van der Waals surface area (Å²) in [6.07, 6.45) is 0. The predicted octanol–water partition coefficient (Wildman–Crippen LogP) is 3.60. The summed E-state index contributed by atoms with van der Waals surface area (Å²) in [5, 5.41) is 0. The summed E-state index contributed by atoms with van der Waals surface area (Å²) in [5.41, 5.74) is 0. The summed E-state index contributed by atoms with van der Waals surface area (Å²) in [6.45, 7) is 8.84. The van der Waals surface area contributed by atoms with Crippen LogP contribution in [0.4, 0.5) is 0 Å². The lowest BCUT2D eigenvalue weighted by Gasteiger charge is -1.79. The molecule has 0 aromatic heterocycles. The first-order valence-corrected chi connectivity index (χ1v) is 7.27. The van der Waals surface area contributed by atoms with Crippen LogP contribution in [0.5, 0.6) is 0 Å². The zero-order valence-electron chi connectivity index (χ0n) is 10.9. The number of rotatable bonds is 8. The third-order valence-corrected chi connectivity index (χ3v) is 2.81. The smallest absolute Gasteiger partial charge is 0.344 e. The molecule has 0 bridgehead atoms. The number of hydrogen-bond donors (Lipinski definition) is 1. The maximum absolute atomic E-state index is 10.3. The molecule has 0 heterocycles. The minimum atomic E-state index is -1.83. The highest BCUT2D eigenvalue weighted by atomic mass is 31.1. The average molecular weight is 291 g/mol. The van der Waals surface area contributed by atoms with Crippen molar-refractivity contribution >= 4 is 16.5 Å². The Hall–Kier alpha value is -0.0000000000000000416. The van der Waals surface area contributed by atoms with Crippen molar-refractivity contribution in [3.63, 3.8) is 0 Å². The molecule has 0 spiro atoms. The molecule has 0 fully saturated rings. The molecule has 7 nitrogen and oxygen atoms in total. The quantitative estimate of drug-likeness (QED) is 0.681. The largest absolute Gasteiger partial charge is 0.697 e. The molecule has 9 heteroatoms. The summed E-state index contributed by atoms with van der Waals surface area (Å²) in [5.74, 6) is 0. The first kappa shape index (κ1) is 22.2. The molecule has 0 amide bonds.